The van der Waals surface area contributed by atoms with Crippen LogP contribution in [0.5, 0.6) is 5.88 Å². The minimum absolute atomic E-state index is 0.0556. The summed E-state index contributed by atoms with van der Waals surface area (Å²) in [5, 5.41) is 3.66. The second-order valence-electron chi connectivity index (χ2n) is 7.82. The minimum atomic E-state index is 0.0556. The molecule has 2 unspecified atom stereocenters. The number of H-pyrrole nitrogens is 1. The van der Waals surface area contributed by atoms with Crippen LogP contribution in [-0.4, -0.2) is 51.5 Å². The van der Waals surface area contributed by atoms with Gasteiger partial charge in [0.05, 0.1) is 18.1 Å². The van der Waals surface area contributed by atoms with Crippen LogP contribution in [0.1, 0.15) is 48.7 Å². The minimum Gasteiger partial charge on any atom is -0.481 e. The molecular weight excluding hydrogens is 378 g/mol. The van der Waals surface area contributed by atoms with Crippen LogP contribution in [0.3, 0.4) is 0 Å². The molecule has 3 aromatic rings. The third kappa shape index (κ3) is 4.46. The molecule has 0 spiro atoms. The van der Waals surface area contributed by atoms with Crippen LogP contribution < -0.4 is 10.1 Å². The topological polar surface area (TPSA) is 83.1 Å². The smallest absolute Gasteiger partial charge is 0.270 e. The predicted octanol–water partition coefficient (Wildman–Crippen LogP) is 3.53. The van der Waals surface area contributed by atoms with Gasteiger partial charge in [-0.25, -0.2) is 4.98 Å². The SMILES string of the molecule is CCN(C(=O)c1cc2ncccc2[nH]1)C1CCCC(NCc2ccnc(OC)c2)C1. The van der Waals surface area contributed by atoms with E-state index in [2.05, 4.69) is 27.2 Å². The molecule has 1 aliphatic carbocycles. The Morgan fingerprint density at radius 1 is 1.27 bits per heavy atom. The number of aromatic amines is 1. The molecular formula is C23H29N5O2. The number of carbonyl (C=O) groups is 1. The Morgan fingerprint density at radius 3 is 2.97 bits per heavy atom. The van der Waals surface area contributed by atoms with Gasteiger partial charge in [-0.15, -0.1) is 0 Å². The van der Waals surface area contributed by atoms with Gasteiger partial charge in [0.25, 0.3) is 5.91 Å². The molecule has 0 saturated heterocycles. The van der Waals surface area contributed by atoms with Crippen LogP contribution in [0.4, 0.5) is 0 Å². The lowest BCUT2D eigenvalue weighted by Crippen LogP contribution is -2.46. The lowest BCUT2D eigenvalue weighted by Gasteiger charge is -2.37. The van der Waals surface area contributed by atoms with E-state index in [4.69, 9.17) is 4.74 Å². The summed E-state index contributed by atoms with van der Waals surface area (Å²) in [5.41, 5.74) is 3.49. The van der Waals surface area contributed by atoms with E-state index in [1.807, 2.05) is 35.2 Å². The second kappa shape index (κ2) is 9.26. The maximum absolute atomic E-state index is 13.2. The Labute approximate surface area is 176 Å². The number of fused-ring (bicyclic) bond motifs is 1. The number of aromatic nitrogens is 3. The van der Waals surface area contributed by atoms with Crippen LogP contribution in [0, 0.1) is 0 Å². The quantitative estimate of drug-likeness (QED) is 0.626. The molecule has 1 saturated carbocycles. The van der Waals surface area contributed by atoms with Gasteiger partial charge in [-0.1, -0.05) is 0 Å². The first-order chi connectivity index (χ1) is 14.7. The number of rotatable bonds is 7. The Morgan fingerprint density at radius 2 is 2.17 bits per heavy atom. The fourth-order valence-electron chi connectivity index (χ4n) is 4.36. The molecule has 3 aromatic heterocycles. The molecule has 158 valence electrons. The molecule has 2 atom stereocenters. The van der Waals surface area contributed by atoms with E-state index in [0.29, 0.717) is 24.2 Å². The number of hydrogen-bond acceptors (Lipinski definition) is 5. The Balaban J connectivity index is 1.40. The first kappa shape index (κ1) is 20.3. The molecule has 0 bridgehead atoms. The number of pyridine rings is 2. The largest absolute Gasteiger partial charge is 0.481 e. The highest BCUT2D eigenvalue weighted by Crippen LogP contribution is 2.25. The standard InChI is InChI=1S/C23H29N5O2/c1-3-28(23(29)21-14-20-19(27-21)8-5-10-24-20)18-7-4-6-17(13-18)26-15-16-9-11-25-22(12-16)30-2/h5,8-12,14,17-18,26-27H,3-4,6-7,13,15H2,1-2H3. The average Bonchev–Trinajstić information content (AvgIpc) is 3.23. The van der Waals surface area contributed by atoms with Crippen LogP contribution >= 0.6 is 0 Å². The first-order valence-electron chi connectivity index (χ1n) is 10.6. The zero-order valence-corrected chi connectivity index (χ0v) is 17.6. The molecule has 7 nitrogen and oxygen atoms in total. The summed E-state index contributed by atoms with van der Waals surface area (Å²) in [5.74, 6) is 0.687. The molecule has 3 heterocycles. The number of methoxy groups -OCH3 is 1. The summed E-state index contributed by atoms with van der Waals surface area (Å²) in [4.78, 5) is 27.0. The van der Waals surface area contributed by atoms with Crippen molar-refractivity contribution >= 4 is 16.9 Å². The molecule has 4 rings (SSSR count). The molecule has 1 amide bonds. The lowest BCUT2D eigenvalue weighted by molar-refractivity contribution is 0.0623. The molecule has 0 aromatic carbocycles. The van der Waals surface area contributed by atoms with E-state index in [-0.39, 0.29) is 11.9 Å². The lowest BCUT2D eigenvalue weighted by atomic mass is 9.89. The number of hydrogen-bond donors (Lipinski definition) is 2. The number of nitrogens with zero attached hydrogens (tertiary/aromatic N) is 3. The van der Waals surface area contributed by atoms with Gasteiger partial charge in [0.1, 0.15) is 5.69 Å². The van der Waals surface area contributed by atoms with Crippen molar-refractivity contribution in [1.82, 2.24) is 25.2 Å². The first-order valence-corrected chi connectivity index (χ1v) is 10.6. The molecule has 2 N–H and O–H groups in total. The number of ether oxygens (including phenoxy) is 1. The van der Waals surface area contributed by atoms with Crippen molar-refractivity contribution in [1.29, 1.82) is 0 Å². The van der Waals surface area contributed by atoms with Crippen molar-refractivity contribution in [2.75, 3.05) is 13.7 Å². The summed E-state index contributed by atoms with van der Waals surface area (Å²) in [6.07, 6.45) is 7.75. The van der Waals surface area contributed by atoms with Gasteiger partial charge < -0.3 is 19.9 Å². The highest BCUT2D eigenvalue weighted by molar-refractivity contribution is 5.97. The summed E-state index contributed by atoms with van der Waals surface area (Å²) < 4.78 is 5.21. The fraction of sp³-hybridized carbons (Fsp3) is 0.435. The van der Waals surface area contributed by atoms with Crippen LogP contribution in [-0.2, 0) is 6.54 Å². The summed E-state index contributed by atoms with van der Waals surface area (Å²) in [6.45, 7) is 3.52. The van der Waals surface area contributed by atoms with Crippen LogP contribution in [0.25, 0.3) is 11.0 Å². The van der Waals surface area contributed by atoms with Gasteiger partial charge in [-0.2, -0.15) is 0 Å². The zero-order chi connectivity index (χ0) is 20.9. The predicted molar refractivity (Wildman–Crippen MR) is 116 cm³/mol. The van der Waals surface area contributed by atoms with Crippen LogP contribution in [0.15, 0.2) is 42.7 Å². The highest BCUT2D eigenvalue weighted by atomic mass is 16.5. The number of nitrogens with one attached hydrogen (secondary N) is 2. The molecule has 0 aliphatic heterocycles. The molecule has 30 heavy (non-hydrogen) atoms. The number of amides is 1. The Hall–Kier alpha value is -2.93. The monoisotopic (exact) mass is 407 g/mol. The van der Waals surface area contributed by atoms with E-state index in [9.17, 15) is 4.79 Å². The van der Waals surface area contributed by atoms with E-state index >= 15 is 0 Å². The van der Waals surface area contributed by atoms with Gasteiger partial charge in [0, 0.05) is 43.6 Å². The Kier molecular flexibility index (Phi) is 6.28. The van der Waals surface area contributed by atoms with E-state index in [1.54, 1.807) is 19.5 Å². The van der Waals surface area contributed by atoms with Gasteiger partial charge in [0.15, 0.2) is 0 Å². The molecule has 0 radical (unpaired) electrons. The van der Waals surface area contributed by atoms with Crippen molar-refractivity contribution in [2.45, 2.75) is 51.2 Å². The van der Waals surface area contributed by atoms with Crippen molar-refractivity contribution < 1.29 is 9.53 Å². The third-order valence-corrected chi connectivity index (χ3v) is 5.91. The van der Waals surface area contributed by atoms with Gasteiger partial charge in [-0.05, 0) is 62.4 Å². The van der Waals surface area contributed by atoms with Crippen molar-refractivity contribution in [3.05, 3.63) is 54.0 Å². The summed E-state index contributed by atoms with van der Waals surface area (Å²) in [6, 6.07) is 10.3. The molecule has 7 heteroatoms. The van der Waals surface area contributed by atoms with Crippen molar-refractivity contribution in [2.24, 2.45) is 0 Å². The third-order valence-electron chi connectivity index (χ3n) is 5.91. The number of carbonyl (C=O) groups excluding carboxylic acids is 1. The van der Waals surface area contributed by atoms with E-state index in [1.165, 1.54) is 0 Å². The average molecular weight is 408 g/mol. The van der Waals surface area contributed by atoms with Gasteiger partial charge in [-0.3, -0.25) is 9.78 Å². The van der Waals surface area contributed by atoms with E-state index in [0.717, 1.165) is 48.8 Å². The van der Waals surface area contributed by atoms with Crippen molar-refractivity contribution in [3.8, 4) is 5.88 Å². The normalized spacial score (nSPS) is 19.0. The van der Waals surface area contributed by atoms with Gasteiger partial charge >= 0.3 is 0 Å². The zero-order valence-electron chi connectivity index (χ0n) is 17.6. The molecule has 1 fully saturated rings. The summed E-state index contributed by atoms with van der Waals surface area (Å²) >= 11 is 0. The van der Waals surface area contributed by atoms with Crippen molar-refractivity contribution in [3.63, 3.8) is 0 Å². The highest BCUT2D eigenvalue weighted by Gasteiger charge is 2.30. The molecule has 1 aliphatic rings. The second-order valence-corrected chi connectivity index (χ2v) is 7.82. The van der Waals surface area contributed by atoms with Gasteiger partial charge in [0.2, 0.25) is 5.88 Å². The maximum atomic E-state index is 13.2. The maximum Gasteiger partial charge on any atom is 0.270 e. The summed E-state index contributed by atoms with van der Waals surface area (Å²) in [7, 11) is 1.63. The van der Waals surface area contributed by atoms with E-state index < -0.39 is 0 Å². The Bertz CT molecular complexity index is 969. The fourth-order valence-corrected chi connectivity index (χ4v) is 4.36. The van der Waals surface area contributed by atoms with Crippen LogP contribution in [0.2, 0.25) is 0 Å².